The molecular weight excluding hydrogens is 140 g/mol. The average Bonchev–Trinajstić information content (AvgIpc) is 2.33. The highest BCUT2D eigenvalue weighted by atomic mass is 19.3. The van der Waals surface area contributed by atoms with E-state index in [1.165, 1.54) is 0 Å². The molecule has 0 saturated heterocycles. The number of hydrogen-bond acceptors (Lipinski definition) is 2. The third-order valence-corrected chi connectivity index (χ3v) is 0.913. The van der Waals surface area contributed by atoms with Gasteiger partial charge in [0, 0.05) is 6.07 Å². The van der Waals surface area contributed by atoms with Crippen molar-refractivity contribution in [1.29, 1.82) is 5.26 Å². The molecule has 1 radical (unpaired) electrons. The van der Waals surface area contributed by atoms with Gasteiger partial charge in [0.05, 0.1) is 0 Å². The summed E-state index contributed by atoms with van der Waals surface area (Å²) in [4.78, 5) is 0. The molecule has 0 aliphatic heterocycles. The Morgan fingerprint density at radius 2 is 2.50 bits per heavy atom. The SMILES string of the molecule is N#Cc1c[c]nn1C(F)F. The Morgan fingerprint density at radius 1 is 1.80 bits per heavy atom. The summed E-state index contributed by atoms with van der Waals surface area (Å²) in [5.74, 6) is 0. The van der Waals surface area contributed by atoms with Gasteiger partial charge in [-0.15, -0.1) is 0 Å². The number of nitrogens with zero attached hydrogens (tertiary/aromatic N) is 3. The maximum Gasteiger partial charge on any atom is 0.334 e. The molecule has 0 aromatic carbocycles. The molecule has 51 valence electrons. The predicted octanol–water partition coefficient (Wildman–Crippen LogP) is 0.950. The Labute approximate surface area is 55.5 Å². The van der Waals surface area contributed by atoms with Crippen LogP contribution in [0.2, 0.25) is 0 Å². The number of halogens is 2. The second kappa shape index (κ2) is 2.43. The van der Waals surface area contributed by atoms with E-state index in [2.05, 4.69) is 11.3 Å². The van der Waals surface area contributed by atoms with E-state index in [1.807, 2.05) is 0 Å². The second-order valence-electron chi connectivity index (χ2n) is 1.49. The summed E-state index contributed by atoms with van der Waals surface area (Å²) >= 11 is 0. The zero-order chi connectivity index (χ0) is 7.56. The number of rotatable bonds is 1. The van der Waals surface area contributed by atoms with Crippen molar-refractivity contribution in [2.75, 3.05) is 0 Å². The van der Waals surface area contributed by atoms with Gasteiger partial charge in [-0.3, -0.25) is 0 Å². The Hall–Kier alpha value is -1.44. The van der Waals surface area contributed by atoms with Gasteiger partial charge in [0.15, 0.2) is 0 Å². The summed E-state index contributed by atoms with van der Waals surface area (Å²) < 4.78 is 23.9. The zero-order valence-corrected chi connectivity index (χ0v) is 4.75. The van der Waals surface area contributed by atoms with E-state index in [9.17, 15) is 8.78 Å². The lowest BCUT2D eigenvalue weighted by molar-refractivity contribution is 0.0555. The van der Waals surface area contributed by atoms with E-state index in [-0.39, 0.29) is 5.69 Å². The van der Waals surface area contributed by atoms with E-state index in [1.54, 1.807) is 6.07 Å². The molecule has 0 aliphatic carbocycles. The first-order valence-electron chi connectivity index (χ1n) is 2.39. The molecule has 0 aliphatic rings. The Morgan fingerprint density at radius 3 is 2.90 bits per heavy atom. The number of nitriles is 1. The predicted molar refractivity (Wildman–Crippen MR) is 27.0 cm³/mol. The van der Waals surface area contributed by atoms with Crippen LogP contribution in [-0.2, 0) is 0 Å². The monoisotopic (exact) mass is 142 g/mol. The summed E-state index contributed by atoms with van der Waals surface area (Å²) in [6, 6.07) is 2.65. The molecule has 0 unspecified atom stereocenters. The lowest BCUT2D eigenvalue weighted by atomic mass is 10.5. The molecule has 0 fully saturated rings. The van der Waals surface area contributed by atoms with Crippen molar-refractivity contribution in [1.82, 2.24) is 9.78 Å². The summed E-state index contributed by atoms with van der Waals surface area (Å²) in [6.45, 7) is -2.76. The molecule has 0 N–H and O–H groups in total. The van der Waals surface area contributed by atoms with Crippen molar-refractivity contribution in [3.63, 3.8) is 0 Å². The number of hydrogen-bond donors (Lipinski definition) is 0. The van der Waals surface area contributed by atoms with Crippen LogP contribution in [-0.4, -0.2) is 9.78 Å². The average molecular weight is 142 g/mol. The Balaban J connectivity index is 3.05. The molecule has 1 aromatic rings. The summed E-state index contributed by atoms with van der Waals surface area (Å²) in [5.41, 5.74) is -0.185. The topological polar surface area (TPSA) is 41.6 Å². The van der Waals surface area contributed by atoms with Gasteiger partial charge < -0.3 is 0 Å². The molecule has 1 heterocycles. The summed E-state index contributed by atoms with van der Waals surface area (Å²) in [5, 5.41) is 11.3. The van der Waals surface area contributed by atoms with E-state index in [0.29, 0.717) is 4.68 Å². The van der Waals surface area contributed by atoms with Crippen LogP contribution < -0.4 is 0 Å². The summed E-state index contributed by atoms with van der Waals surface area (Å²) in [6.07, 6.45) is 2.14. The van der Waals surface area contributed by atoms with E-state index >= 15 is 0 Å². The van der Waals surface area contributed by atoms with Crippen molar-refractivity contribution in [2.45, 2.75) is 6.55 Å². The molecule has 0 bridgehead atoms. The maximum absolute atomic E-state index is 11.8. The molecule has 0 amide bonds. The van der Waals surface area contributed by atoms with E-state index in [4.69, 9.17) is 5.26 Å². The minimum absolute atomic E-state index is 0.185. The maximum atomic E-state index is 11.8. The minimum atomic E-state index is -2.76. The number of alkyl halides is 2. The second-order valence-corrected chi connectivity index (χ2v) is 1.49. The first-order chi connectivity index (χ1) is 4.75. The Kier molecular flexibility index (Phi) is 1.63. The van der Waals surface area contributed by atoms with E-state index < -0.39 is 6.55 Å². The van der Waals surface area contributed by atoms with Crippen LogP contribution in [0.1, 0.15) is 12.2 Å². The van der Waals surface area contributed by atoms with Crippen LogP contribution in [0.4, 0.5) is 8.78 Å². The molecular formula is C5H2F2N3. The first-order valence-corrected chi connectivity index (χ1v) is 2.39. The van der Waals surface area contributed by atoms with Gasteiger partial charge >= 0.3 is 6.55 Å². The van der Waals surface area contributed by atoms with E-state index in [0.717, 1.165) is 6.07 Å². The van der Waals surface area contributed by atoms with Gasteiger partial charge in [0.25, 0.3) is 0 Å². The zero-order valence-electron chi connectivity index (χ0n) is 4.75. The van der Waals surface area contributed by atoms with Crippen molar-refractivity contribution < 1.29 is 8.78 Å². The van der Waals surface area contributed by atoms with Gasteiger partial charge in [0.1, 0.15) is 18.0 Å². The normalized spacial score (nSPS) is 9.80. The third-order valence-electron chi connectivity index (χ3n) is 0.913. The third kappa shape index (κ3) is 0.957. The van der Waals surface area contributed by atoms with Gasteiger partial charge in [-0.05, 0) is 0 Å². The largest absolute Gasteiger partial charge is 0.334 e. The van der Waals surface area contributed by atoms with Crippen molar-refractivity contribution in [2.24, 2.45) is 0 Å². The summed E-state index contributed by atoms with van der Waals surface area (Å²) in [7, 11) is 0. The van der Waals surface area contributed by atoms with Crippen LogP contribution in [0.25, 0.3) is 0 Å². The quantitative estimate of drug-likeness (QED) is 0.585. The lowest BCUT2D eigenvalue weighted by Gasteiger charge is -1.96. The number of aromatic nitrogens is 2. The van der Waals surface area contributed by atoms with Crippen LogP contribution in [0.3, 0.4) is 0 Å². The molecule has 0 saturated carbocycles. The van der Waals surface area contributed by atoms with Crippen LogP contribution in [0.15, 0.2) is 6.07 Å². The molecule has 1 aromatic heterocycles. The van der Waals surface area contributed by atoms with Gasteiger partial charge in [-0.25, -0.2) is 0 Å². The van der Waals surface area contributed by atoms with Crippen molar-refractivity contribution in [3.8, 4) is 6.07 Å². The van der Waals surface area contributed by atoms with Crippen molar-refractivity contribution >= 4 is 0 Å². The van der Waals surface area contributed by atoms with Gasteiger partial charge in [-0.1, -0.05) is 0 Å². The fraction of sp³-hybridized carbons (Fsp3) is 0.200. The van der Waals surface area contributed by atoms with Crippen LogP contribution in [0.5, 0.6) is 0 Å². The fourth-order valence-electron chi connectivity index (χ4n) is 0.504. The molecule has 0 spiro atoms. The highest BCUT2D eigenvalue weighted by molar-refractivity contribution is 5.17. The molecule has 5 heteroatoms. The highest BCUT2D eigenvalue weighted by Gasteiger charge is 2.10. The molecule has 10 heavy (non-hydrogen) atoms. The molecule has 1 rings (SSSR count). The minimum Gasteiger partial charge on any atom is -0.193 e. The molecule has 0 atom stereocenters. The fourth-order valence-corrected chi connectivity index (χ4v) is 0.504. The lowest BCUT2D eigenvalue weighted by Crippen LogP contribution is -2.02. The van der Waals surface area contributed by atoms with Crippen LogP contribution >= 0.6 is 0 Å². The Bertz CT molecular complexity index is 260. The smallest absolute Gasteiger partial charge is 0.193 e. The van der Waals surface area contributed by atoms with Gasteiger partial charge in [-0.2, -0.15) is 23.8 Å². The molecule has 3 nitrogen and oxygen atoms in total. The highest BCUT2D eigenvalue weighted by Crippen LogP contribution is 2.09. The van der Waals surface area contributed by atoms with Crippen LogP contribution in [0, 0.1) is 17.5 Å². The first kappa shape index (κ1) is 6.68. The van der Waals surface area contributed by atoms with Crippen molar-refractivity contribution in [3.05, 3.63) is 18.0 Å². The van der Waals surface area contributed by atoms with Gasteiger partial charge in [0.2, 0.25) is 0 Å². The standard InChI is InChI=1S/C5H2F2N3/c6-5(7)10-4(3-8)1-2-9-10/h1,5H.